The number of hydrogen-bond donors (Lipinski definition) is 0. The second kappa shape index (κ2) is 11.6. The first-order valence-electron chi connectivity index (χ1n) is 12.9. The Morgan fingerprint density at radius 3 is 2.62 bits per heavy atom. The van der Waals surface area contributed by atoms with Crippen molar-refractivity contribution >= 4 is 5.97 Å². The van der Waals surface area contributed by atoms with E-state index in [2.05, 4.69) is 57.9 Å². The number of ether oxygens (including phenoxy) is 2. The van der Waals surface area contributed by atoms with Crippen molar-refractivity contribution in [3.05, 3.63) is 52.6 Å². The summed E-state index contributed by atoms with van der Waals surface area (Å²) in [6, 6.07) is 10.8. The van der Waals surface area contributed by atoms with Crippen molar-refractivity contribution in [1.82, 2.24) is 0 Å². The molecule has 1 aliphatic heterocycles. The molecule has 2 aromatic carbocycles. The summed E-state index contributed by atoms with van der Waals surface area (Å²) in [5.41, 5.74) is 6.62. The molecule has 0 amide bonds. The van der Waals surface area contributed by atoms with E-state index in [4.69, 9.17) is 15.9 Å². The third-order valence-electron chi connectivity index (χ3n) is 7.01. The van der Waals surface area contributed by atoms with Crippen LogP contribution < -0.4 is 4.74 Å². The summed E-state index contributed by atoms with van der Waals surface area (Å²) in [4.78, 5) is 12.7. The minimum Gasteiger partial charge on any atom is -0.493 e. The molecule has 3 rings (SSSR count). The molecule has 0 spiro atoms. The zero-order valence-electron chi connectivity index (χ0n) is 21.6. The first kappa shape index (κ1) is 25.9. The number of aryl methyl sites for hydroxylation is 1. The van der Waals surface area contributed by atoms with Crippen molar-refractivity contribution < 1.29 is 14.3 Å². The normalized spacial score (nSPS) is 15.1. The Morgan fingerprint density at radius 1 is 1.15 bits per heavy atom. The molecule has 1 unspecified atom stereocenters. The molecule has 2 aromatic rings. The Morgan fingerprint density at radius 2 is 1.94 bits per heavy atom. The number of esters is 1. The molecule has 0 saturated heterocycles. The number of carbonyl (C=O) groups is 1. The van der Waals surface area contributed by atoms with Gasteiger partial charge in [0.1, 0.15) is 5.75 Å². The first-order valence-corrected chi connectivity index (χ1v) is 12.9. The third-order valence-corrected chi connectivity index (χ3v) is 7.01. The van der Waals surface area contributed by atoms with E-state index in [1.807, 2.05) is 13.0 Å². The summed E-state index contributed by atoms with van der Waals surface area (Å²) in [7, 11) is 0. The van der Waals surface area contributed by atoms with Crippen LogP contribution in [0.4, 0.5) is 0 Å². The SMILES string of the molecule is C#Cc1cc(-c2cc3c(cc2CCCCC)OCCC3(C)C)ccc1C(CCC)C(=O)OCC. The molecule has 3 heteroatoms. The summed E-state index contributed by atoms with van der Waals surface area (Å²) in [5, 5.41) is 0. The van der Waals surface area contributed by atoms with E-state index in [9.17, 15) is 4.79 Å². The molecule has 34 heavy (non-hydrogen) atoms. The highest BCUT2D eigenvalue weighted by molar-refractivity contribution is 5.80. The molecule has 1 atom stereocenters. The number of terminal acetylenes is 1. The van der Waals surface area contributed by atoms with Crippen molar-refractivity contribution in [3.8, 4) is 29.2 Å². The van der Waals surface area contributed by atoms with Crippen LogP contribution in [0, 0.1) is 12.3 Å². The zero-order chi connectivity index (χ0) is 24.7. The summed E-state index contributed by atoms with van der Waals surface area (Å²) >= 11 is 0. The molecule has 182 valence electrons. The molecular formula is C31H40O3. The van der Waals surface area contributed by atoms with E-state index < -0.39 is 0 Å². The molecule has 0 aliphatic carbocycles. The van der Waals surface area contributed by atoms with Crippen LogP contribution in [0.2, 0.25) is 0 Å². The van der Waals surface area contributed by atoms with Crippen LogP contribution in [0.15, 0.2) is 30.3 Å². The number of carbonyl (C=O) groups excluding carboxylic acids is 1. The van der Waals surface area contributed by atoms with Crippen molar-refractivity contribution in [2.45, 2.75) is 90.9 Å². The first-order chi connectivity index (χ1) is 16.4. The van der Waals surface area contributed by atoms with Crippen LogP contribution in [-0.2, 0) is 21.4 Å². The predicted octanol–water partition coefficient (Wildman–Crippen LogP) is 7.57. The molecule has 1 heterocycles. The van der Waals surface area contributed by atoms with Gasteiger partial charge in [0.05, 0.1) is 19.1 Å². The Balaban J connectivity index is 2.10. The van der Waals surface area contributed by atoms with E-state index in [0.717, 1.165) is 61.2 Å². The molecule has 0 saturated carbocycles. The van der Waals surface area contributed by atoms with Crippen LogP contribution >= 0.6 is 0 Å². The van der Waals surface area contributed by atoms with Crippen molar-refractivity contribution in [2.75, 3.05) is 13.2 Å². The van der Waals surface area contributed by atoms with E-state index in [1.54, 1.807) is 0 Å². The van der Waals surface area contributed by atoms with Crippen LogP contribution in [0.25, 0.3) is 11.1 Å². The maximum atomic E-state index is 12.7. The fourth-order valence-corrected chi connectivity index (χ4v) is 4.95. The summed E-state index contributed by atoms with van der Waals surface area (Å²) < 4.78 is 11.4. The lowest BCUT2D eigenvalue weighted by Gasteiger charge is -2.33. The predicted molar refractivity (Wildman–Crippen MR) is 140 cm³/mol. The zero-order valence-corrected chi connectivity index (χ0v) is 21.6. The van der Waals surface area contributed by atoms with E-state index in [-0.39, 0.29) is 17.3 Å². The fourth-order valence-electron chi connectivity index (χ4n) is 4.95. The molecule has 0 fully saturated rings. The topological polar surface area (TPSA) is 35.5 Å². The number of benzene rings is 2. The molecule has 0 radical (unpaired) electrons. The van der Waals surface area contributed by atoms with Crippen LogP contribution in [-0.4, -0.2) is 19.2 Å². The van der Waals surface area contributed by atoms with E-state index >= 15 is 0 Å². The van der Waals surface area contributed by atoms with Crippen molar-refractivity contribution in [1.29, 1.82) is 0 Å². The van der Waals surface area contributed by atoms with Gasteiger partial charge in [0.25, 0.3) is 0 Å². The lowest BCUT2D eigenvalue weighted by Crippen LogP contribution is -2.26. The Hall–Kier alpha value is -2.73. The van der Waals surface area contributed by atoms with Gasteiger partial charge < -0.3 is 9.47 Å². The maximum absolute atomic E-state index is 12.7. The molecule has 0 N–H and O–H groups in total. The van der Waals surface area contributed by atoms with Gasteiger partial charge in [-0.1, -0.05) is 65.0 Å². The van der Waals surface area contributed by atoms with Crippen molar-refractivity contribution in [3.63, 3.8) is 0 Å². The van der Waals surface area contributed by atoms with Crippen molar-refractivity contribution in [2.24, 2.45) is 0 Å². The minimum atomic E-state index is -0.329. The van der Waals surface area contributed by atoms with Gasteiger partial charge in [0.2, 0.25) is 0 Å². The molecular weight excluding hydrogens is 420 g/mol. The lowest BCUT2D eigenvalue weighted by molar-refractivity contribution is -0.145. The second-order valence-electron chi connectivity index (χ2n) is 9.98. The Labute approximate surface area is 206 Å². The van der Waals surface area contributed by atoms with Crippen LogP contribution in [0.1, 0.15) is 101 Å². The number of hydrogen-bond acceptors (Lipinski definition) is 3. The maximum Gasteiger partial charge on any atom is 0.313 e. The van der Waals surface area contributed by atoms with Gasteiger partial charge >= 0.3 is 5.97 Å². The molecule has 1 aliphatic rings. The van der Waals surface area contributed by atoms with Gasteiger partial charge in [-0.05, 0) is 78.5 Å². The number of rotatable bonds is 10. The van der Waals surface area contributed by atoms with Gasteiger partial charge in [0.15, 0.2) is 0 Å². The van der Waals surface area contributed by atoms with Gasteiger partial charge in [-0.25, -0.2) is 0 Å². The molecule has 0 aromatic heterocycles. The number of fused-ring (bicyclic) bond motifs is 1. The highest BCUT2D eigenvalue weighted by atomic mass is 16.5. The second-order valence-corrected chi connectivity index (χ2v) is 9.98. The average molecular weight is 461 g/mol. The quantitative estimate of drug-likeness (QED) is 0.208. The monoisotopic (exact) mass is 460 g/mol. The summed E-state index contributed by atoms with van der Waals surface area (Å²) in [6.07, 6.45) is 13.1. The number of unbranched alkanes of at least 4 members (excludes halogenated alkanes) is 2. The smallest absolute Gasteiger partial charge is 0.313 e. The standard InChI is InChI=1S/C31H40O3/c1-7-11-12-14-23-20-29-28(31(5,6)17-18-34-29)21-27(23)24-15-16-25(22(9-3)19-24)26(13-8-2)30(32)33-10-4/h3,15-16,19-21,26H,7-8,10-14,17-18H2,1-2,4-6H3. The summed E-state index contributed by atoms with van der Waals surface area (Å²) in [6.45, 7) is 11.9. The van der Waals surface area contributed by atoms with Gasteiger partial charge in [-0.3, -0.25) is 4.79 Å². The molecule has 3 nitrogen and oxygen atoms in total. The summed E-state index contributed by atoms with van der Waals surface area (Å²) in [5.74, 6) is 3.36. The highest BCUT2D eigenvalue weighted by Crippen LogP contribution is 2.43. The van der Waals surface area contributed by atoms with Gasteiger partial charge in [-0.15, -0.1) is 6.42 Å². The minimum absolute atomic E-state index is 0.0648. The van der Waals surface area contributed by atoms with E-state index in [1.165, 1.54) is 29.5 Å². The Kier molecular flexibility index (Phi) is 8.84. The Bertz CT molecular complexity index is 1040. The largest absolute Gasteiger partial charge is 0.493 e. The third kappa shape index (κ3) is 5.66. The average Bonchev–Trinajstić information content (AvgIpc) is 2.82. The molecule has 0 bridgehead atoms. The fraction of sp³-hybridized carbons (Fsp3) is 0.516. The van der Waals surface area contributed by atoms with Gasteiger partial charge in [0, 0.05) is 11.1 Å². The lowest BCUT2D eigenvalue weighted by atomic mass is 9.77. The van der Waals surface area contributed by atoms with Crippen LogP contribution in [0.5, 0.6) is 5.75 Å². The van der Waals surface area contributed by atoms with E-state index in [0.29, 0.717) is 6.61 Å². The van der Waals surface area contributed by atoms with Gasteiger partial charge in [-0.2, -0.15) is 0 Å². The highest BCUT2D eigenvalue weighted by Gasteiger charge is 2.30. The van der Waals surface area contributed by atoms with Crippen LogP contribution in [0.3, 0.4) is 0 Å².